The number of hydrogen-bond donors (Lipinski definition) is 0. The molecule has 0 radical (unpaired) electrons. The molecule has 4 aromatic rings. The van der Waals surface area contributed by atoms with Crippen LogP contribution in [0.1, 0.15) is 52.6 Å². The van der Waals surface area contributed by atoms with E-state index in [1.54, 1.807) is 11.3 Å². The first kappa shape index (κ1) is 15.0. The van der Waals surface area contributed by atoms with Gasteiger partial charge in [0.25, 0.3) is 0 Å². The van der Waals surface area contributed by atoms with Gasteiger partial charge in [0.2, 0.25) is 0 Å². The van der Waals surface area contributed by atoms with E-state index in [-0.39, 0.29) is 0 Å². The summed E-state index contributed by atoms with van der Waals surface area (Å²) in [4.78, 5) is 11.9. The molecule has 1 aliphatic rings. The molecule has 4 nitrogen and oxygen atoms in total. The molecule has 1 aliphatic carbocycles. The molecule has 1 fully saturated rings. The molecule has 126 valence electrons. The molecular formula is C20H20N4S. The Kier molecular flexibility index (Phi) is 3.22. The fourth-order valence-electron chi connectivity index (χ4n) is 3.83. The standard InChI is InChI=1S/C20H20N4S/c1-4-14-12(3)25-20-17(14)19-22-18(23-24(19)10-21-20)16-9-15(16)13-7-5-11(2)6-8-13/h5-8,10,15-16H,4,9H2,1-3H3/t15-,16+/m0/s1. The van der Waals surface area contributed by atoms with Gasteiger partial charge < -0.3 is 0 Å². The predicted molar refractivity (Wildman–Crippen MR) is 102 cm³/mol. The van der Waals surface area contributed by atoms with Gasteiger partial charge in [-0.25, -0.2) is 14.5 Å². The number of benzene rings is 1. The highest BCUT2D eigenvalue weighted by Crippen LogP contribution is 2.53. The molecule has 0 spiro atoms. The van der Waals surface area contributed by atoms with Crippen LogP contribution in [0.4, 0.5) is 0 Å². The number of aryl methyl sites for hydroxylation is 3. The Morgan fingerprint density at radius 2 is 1.96 bits per heavy atom. The van der Waals surface area contributed by atoms with E-state index in [0.29, 0.717) is 11.8 Å². The smallest absolute Gasteiger partial charge is 0.167 e. The van der Waals surface area contributed by atoms with Crippen molar-refractivity contribution in [1.82, 2.24) is 19.6 Å². The van der Waals surface area contributed by atoms with Gasteiger partial charge in [-0.3, -0.25) is 0 Å². The van der Waals surface area contributed by atoms with E-state index >= 15 is 0 Å². The highest BCUT2D eigenvalue weighted by Gasteiger charge is 2.42. The third-order valence-corrected chi connectivity index (χ3v) is 6.38. The fourth-order valence-corrected chi connectivity index (χ4v) is 4.90. The summed E-state index contributed by atoms with van der Waals surface area (Å²) in [5.41, 5.74) is 5.04. The second-order valence-electron chi connectivity index (χ2n) is 7.01. The first-order chi connectivity index (χ1) is 12.2. The first-order valence-electron chi connectivity index (χ1n) is 8.85. The Hall–Kier alpha value is -2.27. The van der Waals surface area contributed by atoms with Crippen LogP contribution in [0.5, 0.6) is 0 Å². The molecule has 5 heteroatoms. The second kappa shape index (κ2) is 5.36. The third kappa shape index (κ3) is 2.29. The van der Waals surface area contributed by atoms with Gasteiger partial charge in [-0.05, 0) is 43.7 Å². The van der Waals surface area contributed by atoms with Gasteiger partial charge in [-0.15, -0.1) is 16.4 Å². The monoisotopic (exact) mass is 348 g/mol. The van der Waals surface area contributed by atoms with E-state index in [4.69, 9.17) is 10.1 Å². The molecule has 0 bridgehead atoms. The Balaban J connectivity index is 1.57. The summed E-state index contributed by atoms with van der Waals surface area (Å²) in [5.74, 6) is 1.95. The van der Waals surface area contributed by atoms with Crippen molar-refractivity contribution in [2.45, 2.75) is 45.4 Å². The number of hydrogen-bond acceptors (Lipinski definition) is 4. The summed E-state index contributed by atoms with van der Waals surface area (Å²) in [6.45, 7) is 6.50. The quantitative estimate of drug-likeness (QED) is 0.535. The maximum absolute atomic E-state index is 4.94. The molecule has 0 saturated heterocycles. The summed E-state index contributed by atoms with van der Waals surface area (Å²) in [7, 11) is 0. The number of nitrogens with zero attached hydrogens (tertiary/aromatic N) is 4. The second-order valence-corrected chi connectivity index (χ2v) is 8.22. The Labute approximate surface area is 150 Å². The Morgan fingerprint density at radius 1 is 1.16 bits per heavy atom. The van der Waals surface area contributed by atoms with Gasteiger partial charge in [0.05, 0.1) is 5.39 Å². The molecule has 3 heterocycles. The number of aromatic nitrogens is 4. The summed E-state index contributed by atoms with van der Waals surface area (Å²) >= 11 is 1.76. The Morgan fingerprint density at radius 3 is 2.72 bits per heavy atom. The average molecular weight is 348 g/mol. The van der Waals surface area contributed by atoms with Crippen LogP contribution in [0.2, 0.25) is 0 Å². The van der Waals surface area contributed by atoms with Gasteiger partial charge in [0.1, 0.15) is 11.2 Å². The van der Waals surface area contributed by atoms with Crippen molar-refractivity contribution in [2.75, 3.05) is 0 Å². The highest BCUT2D eigenvalue weighted by atomic mass is 32.1. The van der Waals surface area contributed by atoms with Crippen LogP contribution < -0.4 is 0 Å². The lowest BCUT2D eigenvalue weighted by atomic mass is 10.1. The lowest BCUT2D eigenvalue weighted by Gasteiger charge is -1.99. The lowest BCUT2D eigenvalue weighted by Crippen LogP contribution is -1.91. The van der Waals surface area contributed by atoms with Gasteiger partial charge in [0.15, 0.2) is 11.5 Å². The van der Waals surface area contributed by atoms with Gasteiger partial charge >= 0.3 is 0 Å². The Bertz CT molecular complexity index is 1090. The van der Waals surface area contributed by atoms with Crippen molar-refractivity contribution in [2.24, 2.45) is 0 Å². The van der Waals surface area contributed by atoms with Crippen molar-refractivity contribution >= 4 is 27.2 Å². The van der Waals surface area contributed by atoms with Crippen LogP contribution in [-0.4, -0.2) is 19.6 Å². The van der Waals surface area contributed by atoms with Crippen LogP contribution in [0.15, 0.2) is 30.6 Å². The topological polar surface area (TPSA) is 43.1 Å². The van der Waals surface area contributed by atoms with Crippen molar-refractivity contribution in [3.63, 3.8) is 0 Å². The molecule has 1 aromatic carbocycles. The zero-order valence-electron chi connectivity index (χ0n) is 14.7. The molecule has 0 unspecified atom stereocenters. The minimum absolute atomic E-state index is 0.433. The first-order valence-corrected chi connectivity index (χ1v) is 9.67. The van der Waals surface area contributed by atoms with Crippen LogP contribution in [0.25, 0.3) is 15.9 Å². The molecular weight excluding hydrogens is 328 g/mol. The van der Waals surface area contributed by atoms with E-state index in [1.807, 2.05) is 10.8 Å². The third-order valence-electron chi connectivity index (χ3n) is 5.33. The van der Waals surface area contributed by atoms with Crippen molar-refractivity contribution < 1.29 is 0 Å². The van der Waals surface area contributed by atoms with Crippen LogP contribution in [-0.2, 0) is 6.42 Å². The van der Waals surface area contributed by atoms with Crippen molar-refractivity contribution in [3.05, 3.63) is 58.0 Å². The molecule has 5 rings (SSSR count). The molecule has 25 heavy (non-hydrogen) atoms. The largest absolute Gasteiger partial charge is 0.225 e. The van der Waals surface area contributed by atoms with E-state index in [9.17, 15) is 0 Å². The minimum Gasteiger partial charge on any atom is -0.225 e. The van der Waals surface area contributed by atoms with Crippen LogP contribution in [0.3, 0.4) is 0 Å². The van der Waals surface area contributed by atoms with Gasteiger partial charge in [-0.2, -0.15) is 0 Å². The van der Waals surface area contributed by atoms with E-state index < -0.39 is 0 Å². The van der Waals surface area contributed by atoms with Crippen molar-refractivity contribution in [3.8, 4) is 0 Å². The SMILES string of the molecule is CCc1c(C)sc2ncn3nc([C@@H]4C[C@H]4c4ccc(C)cc4)nc3c12. The lowest BCUT2D eigenvalue weighted by molar-refractivity contribution is 0.850. The van der Waals surface area contributed by atoms with E-state index in [2.05, 4.69) is 50.0 Å². The summed E-state index contributed by atoms with van der Waals surface area (Å²) < 4.78 is 1.87. The maximum atomic E-state index is 4.94. The molecule has 0 N–H and O–H groups in total. The van der Waals surface area contributed by atoms with Crippen LogP contribution >= 0.6 is 11.3 Å². The highest BCUT2D eigenvalue weighted by molar-refractivity contribution is 7.18. The zero-order chi connectivity index (χ0) is 17.1. The number of fused-ring (bicyclic) bond motifs is 3. The predicted octanol–water partition coefficient (Wildman–Crippen LogP) is 4.79. The normalized spacial score (nSPS) is 19.8. The average Bonchev–Trinajstić information content (AvgIpc) is 3.17. The van der Waals surface area contributed by atoms with E-state index in [0.717, 1.165) is 29.1 Å². The molecule has 2 atom stereocenters. The van der Waals surface area contributed by atoms with Crippen molar-refractivity contribution in [1.29, 1.82) is 0 Å². The number of thiophene rings is 1. The molecule has 0 aliphatic heterocycles. The summed E-state index contributed by atoms with van der Waals surface area (Å²) in [6, 6.07) is 8.87. The summed E-state index contributed by atoms with van der Waals surface area (Å²) in [6.07, 6.45) is 3.96. The van der Waals surface area contributed by atoms with Gasteiger partial charge in [-0.1, -0.05) is 36.8 Å². The number of rotatable bonds is 3. The van der Waals surface area contributed by atoms with Gasteiger partial charge in [0, 0.05) is 10.8 Å². The molecule has 1 saturated carbocycles. The fraction of sp³-hybridized carbons (Fsp3) is 0.350. The van der Waals surface area contributed by atoms with E-state index in [1.165, 1.54) is 27.0 Å². The zero-order valence-corrected chi connectivity index (χ0v) is 15.5. The minimum atomic E-state index is 0.433. The van der Waals surface area contributed by atoms with Crippen LogP contribution in [0, 0.1) is 13.8 Å². The maximum Gasteiger partial charge on any atom is 0.167 e. The summed E-state index contributed by atoms with van der Waals surface area (Å²) in [5, 5.41) is 5.94. The molecule has 3 aromatic heterocycles. The molecule has 0 amide bonds.